The smallest absolute Gasteiger partial charge is 0.276 e. The van der Waals surface area contributed by atoms with Crippen molar-refractivity contribution < 1.29 is 4.79 Å². The number of imidazole rings is 1. The van der Waals surface area contributed by atoms with E-state index in [2.05, 4.69) is 32.4 Å². The van der Waals surface area contributed by atoms with E-state index < -0.39 is 0 Å². The fraction of sp³-hybridized carbons (Fsp3) is 0.600. The van der Waals surface area contributed by atoms with E-state index in [-0.39, 0.29) is 5.91 Å². The molecular formula is C15H20N6O. The molecular weight excluding hydrogens is 280 g/mol. The molecule has 2 aliphatic rings. The van der Waals surface area contributed by atoms with Gasteiger partial charge < -0.3 is 4.57 Å². The first-order chi connectivity index (χ1) is 10.7. The van der Waals surface area contributed by atoms with Gasteiger partial charge in [0.15, 0.2) is 0 Å². The van der Waals surface area contributed by atoms with Gasteiger partial charge >= 0.3 is 0 Å². The number of rotatable bonds is 3. The molecule has 1 fully saturated rings. The van der Waals surface area contributed by atoms with E-state index in [4.69, 9.17) is 0 Å². The predicted molar refractivity (Wildman–Crippen MR) is 80.8 cm³/mol. The first-order valence-electron chi connectivity index (χ1n) is 8.02. The van der Waals surface area contributed by atoms with Gasteiger partial charge in [-0.3, -0.25) is 15.2 Å². The first-order valence-corrected chi connectivity index (χ1v) is 8.02. The summed E-state index contributed by atoms with van der Waals surface area (Å²) < 4.78 is 2.04. The Morgan fingerprint density at radius 2 is 2.23 bits per heavy atom. The van der Waals surface area contributed by atoms with Crippen LogP contribution in [0.15, 0.2) is 6.20 Å². The van der Waals surface area contributed by atoms with Crippen LogP contribution in [0.5, 0.6) is 0 Å². The van der Waals surface area contributed by atoms with Gasteiger partial charge in [-0.15, -0.1) is 5.10 Å². The lowest BCUT2D eigenvalue weighted by Crippen LogP contribution is -2.23. The van der Waals surface area contributed by atoms with Crippen LogP contribution in [0.2, 0.25) is 0 Å². The van der Waals surface area contributed by atoms with Gasteiger partial charge in [0.05, 0.1) is 6.20 Å². The number of H-pyrrole nitrogens is 1. The van der Waals surface area contributed by atoms with Gasteiger partial charge in [0.1, 0.15) is 17.3 Å². The van der Waals surface area contributed by atoms with Crippen LogP contribution < -0.4 is 5.32 Å². The van der Waals surface area contributed by atoms with Crippen LogP contribution in [0.3, 0.4) is 0 Å². The molecule has 1 saturated carbocycles. The molecule has 7 nitrogen and oxygen atoms in total. The van der Waals surface area contributed by atoms with Crippen LogP contribution in [0.1, 0.15) is 73.1 Å². The predicted octanol–water partition coefficient (Wildman–Crippen LogP) is 2.42. The quantitative estimate of drug-likeness (QED) is 0.911. The van der Waals surface area contributed by atoms with Gasteiger partial charge in [0, 0.05) is 18.4 Å². The maximum Gasteiger partial charge on any atom is 0.276 e. The molecule has 1 aliphatic heterocycles. The van der Waals surface area contributed by atoms with Crippen molar-refractivity contribution in [1.29, 1.82) is 0 Å². The number of nitrogens with zero attached hydrogens (tertiary/aromatic N) is 4. The Balaban J connectivity index is 1.52. The normalized spacial score (nSPS) is 21.2. The number of hydrogen-bond acceptors (Lipinski definition) is 4. The van der Waals surface area contributed by atoms with Crippen LogP contribution in [0.25, 0.3) is 0 Å². The fourth-order valence-corrected chi connectivity index (χ4v) is 3.29. The number of aromatic amines is 1. The summed E-state index contributed by atoms with van der Waals surface area (Å²) in [5.41, 5.74) is 0.595. The molecule has 2 aromatic heterocycles. The number of anilines is 1. The molecule has 0 bridgehead atoms. The van der Waals surface area contributed by atoms with Crippen LogP contribution in [-0.4, -0.2) is 30.6 Å². The van der Waals surface area contributed by atoms with Gasteiger partial charge in [-0.25, -0.2) is 4.98 Å². The zero-order valence-corrected chi connectivity index (χ0v) is 12.7. The van der Waals surface area contributed by atoms with Gasteiger partial charge in [-0.2, -0.15) is 4.98 Å². The van der Waals surface area contributed by atoms with E-state index >= 15 is 0 Å². The van der Waals surface area contributed by atoms with Crippen LogP contribution in [0.4, 0.5) is 5.95 Å². The standard InChI is InChI=1S/C15H20N6O/c1-9-4-2-7-12-16-8-11(21(9)12)14(22)18-15-17-13(19-20-15)10-5-3-6-10/h8-10H,2-7H2,1H3,(H2,17,18,19,20,22). The van der Waals surface area contributed by atoms with Crippen LogP contribution in [0, 0.1) is 0 Å². The first kappa shape index (κ1) is 13.5. The summed E-state index contributed by atoms with van der Waals surface area (Å²) in [6.45, 7) is 2.13. The van der Waals surface area contributed by atoms with E-state index in [0.717, 1.165) is 43.8 Å². The Kier molecular flexibility index (Phi) is 3.20. The molecule has 7 heteroatoms. The van der Waals surface area contributed by atoms with Crippen molar-refractivity contribution in [2.45, 2.75) is 57.4 Å². The Hall–Kier alpha value is -2.18. The van der Waals surface area contributed by atoms with Crippen molar-refractivity contribution in [3.63, 3.8) is 0 Å². The number of aromatic nitrogens is 5. The Morgan fingerprint density at radius 3 is 3.00 bits per heavy atom. The average molecular weight is 300 g/mol. The zero-order chi connectivity index (χ0) is 15.1. The van der Waals surface area contributed by atoms with Gasteiger partial charge in [0.2, 0.25) is 5.95 Å². The number of amides is 1. The Morgan fingerprint density at radius 1 is 1.36 bits per heavy atom. The van der Waals surface area contributed by atoms with E-state index in [0.29, 0.717) is 23.6 Å². The van der Waals surface area contributed by atoms with Crippen molar-refractivity contribution >= 4 is 11.9 Å². The second-order valence-corrected chi connectivity index (χ2v) is 6.30. The molecule has 0 spiro atoms. The van der Waals surface area contributed by atoms with E-state index in [1.165, 1.54) is 6.42 Å². The summed E-state index contributed by atoms with van der Waals surface area (Å²) in [7, 11) is 0. The maximum atomic E-state index is 12.5. The molecule has 1 unspecified atom stereocenters. The number of fused-ring (bicyclic) bond motifs is 1. The number of hydrogen-bond donors (Lipinski definition) is 2. The molecule has 2 N–H and O–H groups in total. The molecule has 1 aliphatic carbocycles. The zero-order valence-electron chi connectivity index (χ0n) is 12.7. The SMILES string of the molecule is CC1CCCc2ncc(C(=O)Nc3n[nH]c(C4CCC4)n3)n21. The highest BCUT2D eigenvalue weighted by atomic mass is 16.2. The van der Waals surface area contributed by atoms with Crippen molar-refractivity contribution in [2.24, 2.45) is 0 Å². The van der Waals surface area contributed by atoms with Crippen molar-refractivity contribution in [1.82, 2.24) is 24.7 Å². The monoisotopic (exact) mass is 300 g/mol. The molecule has 3 heterocycles. The third-order valence-corrected chi connectivity index (χ3v) is 4.79. The largest absolute Gasteiger partial charge is 0.321 e. The molecule has 1 atom stereocenters. The van der Waals surface area contributed by atoms with Crippen molar-refractivity contribution in [3.8, 4) is 0 Å². The second-order valence-electron chi connectivity index (χ2n) is 6.30. The minimum atomic E-state index is -0.188. The van der Waals surface area contributed by atoms with Gasteiger partial charge in [0.25, 0.3) is 5.91 Å². The van der Waals surface area contributed by atoms with Crippen molar-refractivity contribution in [2.75, 3.05) is 5.32 Å². The summed E-state index contributed by atoms with van der Waals surface area (Å²) >= 11 is 0. The summed E-state index contributed by atoms with van der Waals surface area (Å²) in [5, 5.41) is 9.82. The van der Waals surface area contributed by atoms with E-state index in [1.807, 2.05) is 4.57 Å². The summed E-state index contributed by atoms with van der Waals surface area (Å²) in [4.78, 5) is 21.3. The summed E-state index contributed by atoms with van der Waals surface area (Å²) in [5.74, 6) is 2.51. The molecule has 4 rings (SSSR count). The van der Waals surface area contributed by atoms with Crippen LogP contribution >= 0.6 is 0 Å². The minimum absolute atomic E-state index is 0.188. The van der Waals surface area contributed by atoms with Gasteiger partial charge in [-0.1, -0.05) is 6.42 Å². The lowest BCUT2D eigenvalue weighted by Gasteiger charge is -2.23. The second kappa shape index (κ2) is 5.23. The highest BCUT2D eigenvalue weighted by Crippen LogP contribution is 2.34. The average Bonchev–Trinajstić information content (AvgIpc) is 3.04. The molecule has 116 valence electrons. The summed E-state index contributed by atoms with van der Waals surface area (Å²) in [6.07, 6.45) is 8.34. The fourth-order valence-electron chi connectivity index (χ4n) is 3.29. The Labute approximate surface area is 128 Å². The third kappa shape index (κ3) is 2.20. The number of carbonyl (C=O) groups excluding carboxylic acids is 1. The molecule has 1 amide bonds. The Bertz CT molecular complexity index is 699. The molecule has 0 radical (unpaired) electrons. The maximum absolute atomic E-state index is 12.5. The van der Waals surface area contributed by atoms with Crippen molar-refractivity contribution in [3.05, 3.63) is 23.5 Å². The lowest BCUT2D eigenvalue weighted by atomic mass is 9.85. The third-order valence-electron chi connectivity index (χ3n) is 4.79. The number of nitrogens with one attached hydrogen (secondary N) is 2. The molecule has 0 saturated heterocycles. The highest BCUT2D eigenvalue weighted by molar-refractivity contribution is 6.02. The lowest BCUT2D eigenvalue weighted by molar-refractivity contribution is 0.101. The van der Waals surface area contributed by atoms with Gasteiger partial charge in [-0.05, 0) is 32.6 Å². The molecule has 0 aromatic carbocycles. The topological polar surface area (TPSA) is 88.5 Å². The summed E-state index contributed by atoms with van der Waals surface area (Å²) in [6, 6.07) is 0.310. The number of aryl methyl sites for hydroxylation is 1. The number of carbonyl (C=O) groups is 1. The van der Waals surface area contributed by atoms with E-state index in [1.54, 1.807) is 6.20 Å². The molecule has 2 aromatic rings. The minimum Gasteiger partial charge on any atom is -0.321 e. The van der Waals surface area contributed by atoms with E-state index in [9.17, 15) is 4.79 Å². The highest BCUT2D eigenvalue weighted by Gasteiger charge is 2.26. The van der Waals surface area contributed by atoms with Crippen LogP contribution in [-0.2, 0) is 6.42 Å². The molecule has 22 heavy (non-hydrogen) atoms.